The number of para-hydroxylation sites is 1. The Labute approximate surface area is 255 Å². The normalized spacial score (nSPS) is 25.8. The van der Waals surface area contributed by atoms with Crippen LogP contribution in [0.1, 0.15) is 65.3 Å². The minimum absolute atomic E-state index is 0.0475. The first-order valence-corrected chi connectivity index (χ1v) is 15.7. The summed E-state index contributed by atoms with van der Waals surface area (Å²) in [6, 6.07) is 10.4. The zero-order valence-electron chi connectivity index (χ0n) is 24.1. The number of ether oxygens (including phenoxy) is 3. The van der Waals surface area contributed by atoms with E-state index in [4.69, 9.17) is 19.0 Å². The number of hydrogen-bond acceptors (Lipinski definition) is 9. The van der Waals surface area contributed by atoms with E-state index in [1.165, 1.54) is 19.2 Å². The highest BCUT2D eigenvalue weighted by atomic mass is 32.1. The van der Waals surface area contributed by atoms with E-state index in [2.05, 4.69) is 14.8 Å². The van der Waals surface area contributed by atoms with Gasteiger partial charge in [-0.2, -0.15) is 0 Å². The van der Waals surface area contributed by atoms with Gasteiger partial charge in [-0.15, -0.1) is 13.2 Å². The number of carbonyl (C=O) groups excluding carboxylic acids is 1. The predicted molar refractivity (Wildman–Crippen MR) is 156 cm³/mol. The van der Waals surface area contributed by atoms with Crippen molar-refractivity contribution in [2.75, 3.05) is 12.0 Å². The number of benzene rings is 2. The topological polar surface area (TPSA) is 86.9 Å². The van der Waals surface area contributed by atoms with Crippen molar-refractivity contribution in [3.05, 3.63) is 58.8 Å². The molecule has 2 saturated heterocycles. The van der Waals surface area contributed by atoms with Crippen LogP contribution in [-0.2, 0) is 16.1 Å². The highest BCUT2D eigenvalue weighted by molar-refractivity contribution is 7.22. The van der Waals surface area contributed by atoms with Gasteiger partial charge in [-0.05, 0) is 74.8 Å². The average Bonchev–Trinajstić information content (AvgIpc) is 3.82. The number of alkyl halides is 3. The standard InChI is InChI=1S/C32H30F3N3O5S/c1-15-11-17(30(39)40-2)12-24-26(15)36-31(44-24)38-18-9-10-22(38)25-20(13-18)29(25)41-14-21-27(37-43-28(21)16-7-8-16)19-5-3-4-6-23(19)42-32(33,34)35/h3-6,11-12,16,18,20,22,25,29H,7-10,13-14H2,1-2H3/t18?,20?,22?,25?,29-/m0/s1. The number of nitrogens with zero attached hydrogens (tertiary/aromatic N) is 3. The van der Waals surface area contributed by atoms with Crippen LogP contribution in [-0.4, -0.2) is 47.8 Å². The van der Waals surface area contributed by atoms with Gasteiger partial charge in [-0.1, -0.05) is 28.6 Å². The molecule has 2 aliphatic heterocycles. The first-order chi connectivity index (χ1) is 21.2. The van der Waals surface area contributed by atoms with Crippen molar-refractivity contribution in [1.29, 1.82) is 0 Å². The number of fused-ring (bicyclic) bond motifs is 5. The Hall–Kier alpha value is -3.64. The van der Waals surface area contributed by atoms with E-state index in [1.54, 1.807) is 23.5 Å². The number of piperidine rings is 1. The molecule has 0 amide bonds. The third kappa shape index (κ3) is 4.73. The number of aromatic nitrogens is 2. The van der Waals surface area contributed by atoms with Crippen molar-refractivity contribution in [3.63, 3.8) is 0 Å². The van der Waals surface area contributed by atoms with E-state index in [-0.39, 0.29) is 35.9 Å². The van der Waals surface area contributed by atoms with Gasteiger partial charge >= 0.3 is 12.3 Å². The first-order valence-electron chi connectivity index (χ1n) is 14.9. The Morgan fingerprint density at radius 1 is 1.16 bits per heavy atom. The summed E-state index contributed by atoms with van der Waals surface area (Å²) in [5.74, 6) is 1.02. The molecule has 4 fully saturated rings. The largest absolute Gasteiger partial charge is 0.573 e. The molecule has 2 aliphatic carbocycles. The number of hydrogen-bond donors (Lipinski definition) is 0. The van der Waals surface area contributed by atoms with Crippen molar-refractivity contribution in [3.8, 4) is 17.0 Å². The van der Waals surface area contributed by atoms with Crippen LogP contribution in [0.4, 0.5) is 18.3 Å². The molecule has 8 rings (SSSR count). The quantitative estimate of drug-likeness (QED) is 0.187. The molecule has 2 aromatic carbocycles. The molecule has 230 valence electrons. The van der Waals surface area contributed by atoms with Crippen LogP contribution in [0.3, 0.4) is 0 Å². The summed E-state index contributed by atoms with van der Waals surface area (Å²) >= 11 is 1.61. The van der Waals surface area contributed by atoms with Gasteiger partial charge < -0.3 is 23.6 Å². The molecule has 4 aliphatic rings. The average molecular weight is 626 g/mol. The van der Waals surface area contributed by atoms with Gasteiger partial charge in [0.2, 0.25) is 0 Å². The highest BCUT2D eigenvalue weighted by Gasteiger charge is 2.63. The molecular weight excluding hydrogens is 595 g/mol. The summed E-state index contributed by atoms with van der Waals surface area (Å²) in [5, 5.41) is 5.19. The molecule has 4 unspecified atom stereocenters. The van der Waals surface area contributed by atoms with Crippen LogP contribution < -0.4 is 9.64 Å². The molecule has 0 N–H and O–H groups in total. The van der Waals surface area contributed by atoms with E-state index >= 15 is 0 Å². The SMILES string of the molecule is COC(=O)c1cc(C)c2nc(N3C4CCC3C3C(C4)[C@@H]3OCc3c(-c4ccccc4OC(F)(F)F)noc3C3CC3)sc2c1. The van der Waals surface area contributed by atoms with Crippen LogP contribution in [0.25, 0.3) is 21.5 Å². The molecule has 44 heavy (non-hydrogen) atoms. The molecule has 8 nitrogen and oxygen atoms in total. The number of carbonyl (C=O) groups is 1. The fraction of sp³-hybridized carbons (Fsp3) is 0.469. The van der Waals surface area contributed by atoms with E-state index < -0.39 is 6.36 Å². The summed E-state index contributed by atoms with van der Waals surface area (Å²) in [7, 11) is 1.38. The maximum Gasteiger partial charge on any atom is 0.573 e. The molecule has 2 saturated carbocycles. The zero-order valence-corrected chi connectivity index (χ0v) is 24.9. The molecule has 5 atom stereocenters. The van der Waals surface area contributed by atoms with Gasteiger partial charge in [0.05, 0.1) is 35.6 Å². The van der Waals surface area contributed by atoms with Crippen molar-refractivity contribution in [1.82, 2.24) is 10.1 Å². The van der Waals surface area contributed by atoms with Crippen molar-refractivity contribution in [2.45, 2.75) is 76.1 Å². The number of methoxy groups -OCH3 is 1. The maximum atomic E-state index is 13.2. The Morgan fingerprint density at radius 2 is 1.98 bits per heavy atom. The summed E-state index contributed by atoms with van der Waals surface area (Å²) in [4.78, 5) is 19.7. The number of halogens is 3. The van der Waals surface area contributed by atoms with Crippen LogP contribution in [0.5, 0.6) is 5.75 Å². The van der Waals surface area contributed by atoms with Crippen LogP contribution >= 0.6 is 11.3 Å². The lowest BCUT2D eigenvalue weighted by molar-refractivity contribution is -0.274. The highest BCUT2D eigenvalue weighted by Crippen LogP contribution is 2.59. The lowest BCUT2D eigenvalue weighted by Gasteiger charge is -2.33. The minimum Gasteiger partial charge on any atom is -0.465 e. The van der Waals surface area contributed by atoms with Crippen molar-refractivity contribution in [2.24, 2.45) is 11.8 Å². The second kappa shape index (κ2) is 10.2. The minimum atomic E-state index is -4.82. The number of aryl methyl sites for hydroxylation is 1. The Morgan fingerprint density at radius 3 is 2.75 bits per heavy atom. The maximum absolute atomic E-state index is 13.2. The number of esters is 1. The summed E-state index contributed by atoms with van der Waals surface area (Å²) < 4.78 is 62.0. The van der Waals surface area contributed by atoms with Gasteiger partial charge in [0, 0.05) is 35.0 Å². The van der Waals surface area contributed by atoms with E-state index in [1.807, 2.05) is 19.1 Å². The molecule has 2 bridgehead atoms. The third-order valence-corrected chi connectivity index (χ3v) is 10.6. The van der Waals surface area contributed by atoms with Gasteiger partial charge in [0.25, 0.3) is 0 Å². The molecule has 4 heterocycles. The first kappa shape index (κ1) is 27.9. The zero-order chi connectivity index (χ0) is 30.3. The fourth-order valence-corrected chi connectivity index (χ4v) is 8.67. The van der Waals surface area contributed by atoms with Gasteiger partial charge in [0.1, 0.15) is 17.2 Å². The number of anilines is 1. The smallest absolute Gasteiger partial charge is 0.465 e. The Kier molecular flexibility index (Phi) is 6.46. The monoisotopic (exact) mass is 625 g/mol. The summed E-state index contributed by atoms with van der Waals surface area (Å²) in [6.07, 6.45) is 0.300. The third-order valence-electron chi connectivity index (χ3n) is 9.56. The lowest BCUT2D eigenvalue weighted by atomic mass is 10.0. The Balaban J connectivity index is 1.03. The molecule has 0 radical (unpaired) electrons. The van der Waals surface area contributed by atoms with Crippen LogP contribution in [0.2, 0.25) is 0 Å². The second-order valence-electron chi connectivity index (χ2n) is 12.3. The van der Waals surface area contributed by atoms with Crippen LogP contribution in [0.15, 0.2) is 40.9 Å². The number of thiazole rings is 1. The molecule has 12 heteroatoms. The van der Waals surface area contributed by atoms with E-state index in [0.717, 1.165) is 53.0 Å². The van der Waals surface area contributed by atoms with Gasteiger partial charge in [-0.25, -0.2) is 9.78 Å². The van der Waals surface area contributed by atoms with Crippen molar-refractivity contribution < 1.29 is 36.7 Å². The predicted octanol–water partition coefficient (Wildman–Crippen LogP) is 7.39. The second-order valence-corrected chi connectivity index (χ2v) is 13.3. The molecular formula is C32H30F3N3O5S. The van der Waals surface area contributed by atoms with Crippen molar-refractivity contribution >= 4 is 32.7 Å². The lowest BCUT2D eigenvalue weighted by Crippen LogP contribution is -2.41. The summed E-state index contributed by atoms with van der Waals surface area (Å²) in [5.41, 5.74) is 3.66. The molecule has 2 aromatic heterocycles. The van der Waals surface area contributed by atoms with E-state index in [0.29, 0.717) is 46.5 Å². The van der Waals surface area contributed by atoms with E-state index in [9.17, 15) is 18.0 Å². The Bertz CT molecular complexity index is 1770. The molecule has 0 spiro atoms. The van der Waals surface area contributed by atoms with Gasteiger partial charge in [-0.3, -0.25) is 0 Å². The summed E-state index contributed by atoms with van der Waals surface area (Å²) in [6.45, 7) is 2.18. The van der Waals surface area contributed by atoms with Gasteiger partial charge in [0.15, 0.2) is 5.13 Å². The fourth-order valence-electron chi connectivity index (χ4n) is 7.46. The van der Waals surface area contributed by atoms with Crippen LogP contribution in [0, 0.1) is 18.8 Å². The molecule has 4 aromatic rings. The number of rotatable bonds is 8.